The molecular weight excluding hydrogens is 234 g/mol. The number of halogens is 1. The van der Waals surface area contributed by atoms with Crippen molar-refractivity contribution in [1.82, 2.24) is 5.32 Å². The van der Waals surface area contributed by atoms with Crippen LogP contribution in [0.5, 0.6) is 5.75 Å². The molecule has 0 amide bonds. The molecule has 0 bridgehead atoms. The van der Waals surface area contributed by atoms with Crippen molar-refractivity contribution in [2.24, 2.45) is 5.92 Å². The highest BCUT2D eigenvalue weighted by Crippen LogP contribution is 2.33. The number of nitrogens with one attached hydrogen (secondary N) is 1. The van der Waals surface area contributed by atoms with Gasteiger partial charge >= 0.3 is 0 Å². The standard InChI is InChI=1S/C14H20ClNO/c1-10-5-6-12(13(15)14(10)17-2)8-11-4-3-7-16-9-11/h5-6,11,16H,3-4,7-9H2,1-2H3. The zero-order valence-electron chi connectivity index (χ0n) is 10.6. The SMILES string of the molecule is COc1c(C)ccc(CC2CCCNC2)c1Cl. The van der Waals surface area contributed by atoms with Crippen molar-refractivity contribution < 1.29 is 4.74 Å². The Balaban J connectivity index is 2.15. The summed E-state index contributed by atoms with van der Waals surface area (Å²) in [5, 5.41) is 4.23. The molecule has 2 rings (SSSR count). The number of hydrogen-bond donors (Lipinski definition) is 1. The van der Waals surface area contributed by atoms with Gasteiger partial charge in [0.25, 0.3) is 0 Å². The van der Waals surface area contributed by atoms with Crippen LogP contribution < -0.4 is 10.1 Å². The predicted molar refractivity (Wildman–Crippen MR) is 72.0 cm³/mol. The molecule has 1 fully saturated rings. The smallest absolute Gasteiger partial charge is 0.140 e. The molecule has 0 aliphatic carbocycles. The predicted octanol–water partition coefficient (Wildman–Crippen LogP) is 3.20. The van der Waals surface area contributed by atoms with E-state index in [1.807, 2.05) is 6.92 Å². The number of benzene rings is 1. The minimum absolute atomic E-state index is 0.702. The molecule has 1 saturated heterocycles. The highest BCUT2D eigenvalue weighted by molar-refractivity contribution is 6.33. The number of aryl methyl sites for hydroxylation is 1. The molecule has 0 spiro atoms. The summed E-state index contributed by atoms with van der Waals surface area (Å²) < 4.78 is 5.36. The Morgan fingerprint density at radius 3 is 2.94 bits per heavy atom. The van der Waals surface area contributed by atoms with Crippen molar-refractivity contribution in [3.05, 3.63) is 28.3 Å². The van der Waals surface area contributed by atoms with Gasteiger partial charge in [0.2, 0.25) is 0 Å². The van der Waals surface area contributed by atoms with E-state index in [1.54, 1.807) is 7.11 Å². The van der Waals surface area contributed by atoms with Gasteiger partial charge in [-0.1, -0.05) is 23.7 Å². The lowest BCUT2D eigenvalue weighted by molar-refractivity contribution is 0.374. The van der Waals surface area contributed by atoms with Gasteiger partial charge in [0, 0.05) is 0 Å². The molecule has 1 aromatic carbocycles. The van der Waals surface area contributed by atoms with Crippen LogP contribution in [0.4, 0.5) is 0 Å². The normalized spacial score (nSPS) is 20.3. The number of methoxy groups -OCH3 is 1. The average Bonchev–Trinajstić information content (AvgIpc) is 2.35. The van der Waals surface area contributed by atoms with Gasteiger partial charge in [0.15, 0.2) is 0 Å². The monoisotopic (exact) mass is 253 g/mol. The van der Waals surface area contributed by atoms with E-state index in [1.165, 1.54) is 18.4 Å². The van der Waals surface area contributed by atoms with Gasteiger partial charge in [-0.2, -0.15) is 0 Å². The van der Waals surface area contributed by atoms with E-state index in [9.17, 15) is 0 Å². The first-order chi connectivity index (χ1) is 8.22. The van der Waals surface area contributed by atoms with Gasteiger partial charge in [-0.25, -0.2) is 0 Å². The van der Waals surface area contributed by atoms with Gasteiger partial charge in [-0.3, -0.25) is 0 Å². The van der Waals surface area contributed by atoms with Gasteiger partial charge in [0.05, 0.1) is 12.1 Å². The van der Waals surface area contributed by atoms with E-state index in [0.717, 1.165) is 35.8 Å². The van der Waals surface area contributed by atoms with Crippen LogP contribution in [0.25, 0.3) is 0 Å². The fourth-order valence-corrected chi connectivity index (χ4v) is 2.88. The van der Waals surface area contributed by atoms with Crippen LogP contribution in [-0.2, 0) is 6.42 Å². The number of piperidine rings is 1. The lowest BCUT2D eigenvalue weighted by Crippen LogP contribution is -2.30. The molecule has 1 aliphatic rings. The summed E-state index contributed by atoms with van der Waals surface area (Å²) >= 11 is 6.39. The maximum absolute atomic E-state index is 6.39. The molecule has 1 N–H and O–H groups in total. The molecule has 2 nitrogen and oxygen atoms in total. The lowest BCUT2D eigenvalue weighted by atomic mass is 9.92. The van der Waals surface area contributed by atoms with E-state index in [0.29, 0.717) is 5.92 Å². The third kappa shape index (κ3) is 2.93. The zero-order valence-corrected chi connectivity index (χ0v) is 11.3. The van der Waals surface area contributed by atoms with Crippen LogP contribution in [0.2, 0.25) is 5.02 Å². The maximum atomic E-state index is 6.39. The topological polar surface area (TPSA) is 21.3 Å². The highest BCUT2D eigenvalue weighted by atomic mass is 35.5. The van der Waals surface area contributed by atoms with Gasteiger partial charge in [-0.15, -0.1) is 0 Å². The molecule has 1 heterocycles. The van der Waals surface area contributed by atoms with Crippen molar-refractivity contribution in [1.29, 1.82) is 0 Å². The molecule has 1 atom stereocenters. The maximum Gasteiger partial charge on any atom is 0.140 e. The van der Waals surface area contributed by atoms with E-state index < -0.39 is 0 Å². The molecule has 0 saturated carbocycles. The Kier molecular flexibility index (Phi) is 4.30. The van der Waals surface area contributed by atoms with E-state index in [2.05, 4.69) is 17.4 Å². The highest BCUT2D eigenvalue weighted by Gasteiger charge is 2.17. The molecular formula is C14H20ClNO. The van der Waals surface area contributed by atoms with Crippen LogP contribution in [-0.4, -0.2) is 20.2 Å². The van der Waals surface area contributed by atoms with Crippen molar-refractivity contribution in [3.8, 4) is 5.75 Å². The summed E-state index contributed by atoms with van der Waals surface area (Å²) in [6.45, 7) is 4.28. The van der Waals surface area contributed by atoms with Crippen LogP contribution in [0.15, 0.2) is 12.1 Å². The summed E-state index contributed by atoms with van der Waals surface area (Å²) in [7, 11) is 1.68. The van der Waals surface area contributed by atoms with Crippen molar-refractivity contribution in [2.75, 3.05) is 20.2 Å². The van der Waals surface area contributed by atoms with Gasteiger partial charge in [-0.05, 0) is 56.3 Å². The summed E-state index contributed by atoms with van der Waals surface area (Å²) in [5.41, 5.74) is 2.31. The lowest BCUT2D eigenvalue weighted by Gasteiger charge is -2.23. The Bertz CT molecular complexity index is 386. The van der Waals surface area contributed by atoms with Crippen molar-refractivity contribution in [2.45, 2.75) is 26.2 Å². The third-order valence-corrected chi connectivity index (χ3v) is 3.90. The van der Waals surface area contributed by atoms with Gasteiger partial charge in [0.1, 0.15) is 5.75 Å². The Morgan fingerprint density at radius 2 is 2.29 bits per heavy atom. The molecule has 1 unspecified atom stereocenters. The zero-order chi connectivity index (χ0) is 12.3. The Morgan fingerprint density at radius 1 is 1.47 bits per heavy atom. The fourth-order valence-electron chi connectivity index (χ4n) is 2.51. The Hall–Kier alpha value is -0.730. The number of rotatable bonds is 3. The summed E-state index contributed by atoms with van der Waals surface area (Å²) in [4.78, 5) is 0. The molecule has 3 heteroatoms. The fraction of sp³-hybridized carbons (Fsp3) is 0.571. The van der Waals surface area contributed by atoms with E-state index >= 15 is 0 Å². The number of ether oxygens (including phenoxy) is 1. The first kappa shape index (κ1) is 12.7. The summed E-state index contributed by atoms with van der Waals surface area (Å²) in [5.74, 6) is 1.53. The van der Waals surface area contributed by atoms with Crippen LogP contribution >= 0.6 is 11.6 Å². The summed E-state index contributed by atoms with van der Waals surface area (Å²) in [6, 6.07) is 4.23. The summed E-state index contributed by atoms with van der Waals surface area (Å²) in [6.07, 6.45) is 3.60. The first-order valence-electron chi connectivity index (χ1n) is 6.25. The van der Waals surface area contributed by atoms with Crippen molar-refractivity contribution >= 4 is 11.6 Å². The molecule has 94 valence electrons. The van der Waals surface area contributed by atoms with Crippen molar-refractivity contribution in [3.63, 3.8) is 0 Å². The average molecular weight is 254 g/mol. The second kappa shape index (κ2) is 5.74. The minimum Gasteiger partial charge on any atom is -0.495 e. The quantitative estimate of drug-likeness (QED) is 0.893. The molecule has 1 aliphatic heterocycles. The van der Waals surface area contributed by atoms with Crippen LogP contribution in [0.3, 0.4) is 0 Å². The van der Waals surface area contributed by atoms with Crippen LogP contribution in [0.1, 0.15) is 24.0 Å². The Labute approximate surface area is 108 Å². The van der Waals surface area contributed by atoms with E-state index in [-0.39, 0.29) is 0 Å². The molecule has 0 aromatic heterocycles. The van der Waals surface area contributed by atoms with Crippen LogP contribution in [0, 0.1) is 12.8 Å². The number of hydrogen-bond acceptors (Lipinski definition) is 2. The molecule has 0 radical (unpaired) electrons. The van der Waals surface area contributed by atoms with Gasteiger partial charge < -0.3 is 10.1 Å². The van der Waals surface area contributed by atoms with E-state index in [4.69, 9.17) is 16.3 Å². The molecule has 1 aromatic rings. The second-order valence-electron chi connectivity index (χ2n) is 4.81. The molecule has 17 heavy (non-hydrogen) atoms. The third-order valence-electron chi connectivity index (χ3n) is 3.49. The first-order valence-corrected chi connectivity index (χ1v) is 6.63. The largest absolute Gasteiger partial charge is 0.495 e. The second-order valence-corrected chi connectivity index (χ2v) is 5.18. The minimum atomic E-state index is 0.702.